The second-order valence-corrected chi connectivity index (χ2v) is 5.59. The molecule has 1 saturated heterocycles. The van der Waals surface area contributed by atoms with Crippen LogP contribution in [0.25, 0.3) is 0 Å². The average Bonchev–Trinajstić information content (AvgIpc) is 2.57. The van der Waals surface area contributed by atoms with E-state index in [1.54, 1.807) is 13.8 Å². The molecule has 0 saturated carbocycles. The molecule has 106 valence electrons. The van der Waals surface area contributed by atoms with Crippen molar-refractivity contribution in [2.24, 2.45) is 5.41 Å². The Bertz CT molecular complexity index is 563. The van der Waals surface area contributed by atoms with Crippen LogP contribution >= 0.6 is 0 Å². The van der Waals surface area contributed by atoms with Crippen LogP contribution in [0, 0.1) is 11.2 Å². The minimum atomic E-state index is -0.685. The summed E-state index contributed by atoms with van der Waals surface area (Å²) < 4.78 is 12.8. The maximum Gasteiger partial charge on any atom is 0.235 e. The third kappa shape index (κ3) is 2.76. The fourth-order valence-corrected chi connectivity index (χ4v) is 2.25. The predicted octanol–water partition coefficient (Wildman–Crippen LogP) is 2.18. The van der Waals surface area contributed by atoms with Crippen molar-refractivity contribution in [3.05, 3.63) is 35.6 Å². The predicted molar refractivity (Wildman–Crippen MR) is 70.5 cm³/mol. The van der Waals surface area contributed by atoms with Gasteiger partial charge in [0.1, 0.15) is 5.82 Å². The topological polar surface area (TPSA) is 54.5 Å². The quantitative estimate of drug-likeness (QED) is 0.626. The highest BCUT2D eigenvalue weighted by Gasteiger charge is 2.44. The monoisotopic (exact) mass is 277 g/mol. The number of hydrogen-bond donors (Lipinski definition) is 0. The Kier molecular flexibility index (Phi) is 3.70. The smallest absolute Gasteiger partial charge is 0.235 e. The van der Waals surface area contributed by atoms with Crippen molar-refractivity contribution < 1.29 is 18.8 Å². The highest BCUT2D eigenvalue weighted by Crippen LogP contribution is 2.31. The van der Waals surface area contributed by atoms with Gasteiger partial charge in [0.2, 0.25) is 11.8 Å². The van der Waals surface area contributed by atoms with E-state index < -0.39 is 11.2 Å². The number of benzene rings is 1. The molecule has 1 aliphatic heterocycles. The Morgan fingerprint density at radius 1 is 1.25 bits per heavy atom. The molecule has 2 rings (SSSR count). The van der Waals surface area contributed by atoms with E-state index in [0.717, 1.165) is 4.90 Å². The van der Waals surface area contributed by atoms with E-state index in [9.17, 15) is 18.8 Å². The van der Waals surface area contributed by atoms with Gasteiger partial charge in [0.25, 0.3) is 0 Å². The van der Waals surface area contributed by atoms with Crippen molar-refractivity contribution in [1.29, 1.82) is 0 Å². The molecule has 5 heteroatoms. The molecule has 1 aromatic rings. The van der Waals surface area contributed by atoms with E-state index in [-0.39, 0.29) is 37.0 Å². The van der Waals surface area contributed by atoms with Gasteiger partial charge in [0.15, 0.2) is 5.78 Å². The maximum atomic E-state index is 12.8. The van der Waals surface area contributed by atoms with Gasteiger partial charge in [-0.05, 0) is 24.3 Å². The van der Waals surface area contributed by atoms with E-state index in [4.69, 9.17) is 0 Å². The molecular weight excluding hydrogens is 261 g/mol. The van der Waals surface area contributed by atoms with Crippen molar-refractivity contribution in [2.75, 3.05) is 6.54 Å². The van der Waals surface area contributed by atoms with Crippen molar-refractivity contribution in [3.8, 4) is 0 Å². The van der Waals surface area contributed by atoms with Crippen molar-refractivity contribution >= 4 is 17.6 Å². The van der Waals surface area contributed by atoms with Crippen LogP contribution in [0.2, 0.25) is 0 Å². The molecule has 0 radical (unpaired) electrons. The number of rotatable bonds is 4. The van der Waals surface area contributed by atoms with Crippen LogP contribution in [0.5, 0.6) is 0 Å². The summed E-state index contributed by atoms with van der Waals surface area (Å²) in [5, 5.41) is 0. The van der Waals surface area contributed by atoms with Gasteiger partial charge in [-0.25, -0.2) is 4.39 Å². The van der Waals surface area contributed by atoms with Crippen molar-refractivity contribution in [3.63, 3.8) is 0 Å². The van der Waals surface area contributed by atoms with Crippen LogP contribution in [0.4, 0.5) is 4.39 Å². The molecule has 0 aliphatic carbocycles. The Balaban J connectivity index is 1.99. The van der Waals surface area contributed by atoms with Crippen molar-refractivity contribution in [1.82, 2.24) is 4.90 Å². The zero-order chi connectivity index (χ0) is 14.9. The third-order valence-electron chi connectivity index (χ3n) is 3.45. The second-order valence-electron chi connectivity index (χ2n) is 5.59. The first-order valence-corrected chi connectivity index (χ1v) is 6.45. The van der Waals surface area contributed by atoms with Gasteiger partial charge in [-0.15, -0.1) is 0 Å². The maximum absolute atomic E-state index is 12.8. The minimum Gasteiger partial charge on any atom is -0.294 e. The summed E-state index contributed by atoms with van der Waals surface area (Å²) in [5.74, 6) is -1.11. The molecule has 1 aromatic carbocycles. The molecule has 1 aliphatic rings. The van der Waals surface area contributed by atoms with E-state index in [2.05, 4.69) is 0 Å². The number of imide groups is 1. The third-order valence-corrected chi connectivity index (χ3v) is 3.45. The molecular formula is C15H16FNO3. The molecule has 4 nitrogen and oxygen atoms in total. The number of halogens is 1. The van der Waals surface area contributed by atoms with Crippen molar-refractivity contribution in [2.45, 2.75) is 26.7 Å². The summed E-state index contributed by atoms with van der Waals surface area (Å²) in [6, 6.07) is 5.22. The van der Waals surface area contributed by atoms with Crippen LogP contribution in [0.15, 0.2) is 24.3 Å². The molecule has 0 unspecified atom stereocenters. The number of carbonyl (C=O) groups is 3. The SMILES string of the molecule is CC1(C)CC(=O)N(CCC(=O)c2ccc(F)cc2)C1=O. The minimum absolute atomic E-state index is 0.0548. The Morgan fingerprint density at radius 2 is 1.85 bits per heavy atom. The van der Waals surface area contributed by atoms with Crippen LogP contribution in [0.3, 0.4) is 0 Å². The number of Topliss-reactive ketones (excluding diaryl/α,β-unsaturated/α-hetero) is 1. The lowest BCUT2D eigenvalue weighted by Crippen LogP contribution is -2.34. The van der Waals surface area contributed by atoms with E-state index in [0.29, 0.717) is 5.56 Å². The van der Waals surface area contributed by atoms with E-state index >= 15 is 0 Å². The van der Waals surface area contributed by atoms with E-state index in [1.165, 1.54) is 24.3 Å². The van der Waals surface area contributed by atoms with Crippen LogP contribution in [-0.2, 0) is 9.59 Å². The van der Waals surface area contributed by atoms with Gasteiger partial charge in [-0.2, -0.15) is 0 Å². The Morgan fingerprint density at radius 3 is 2.35 bits per heavy atom. The molecule has 0 aromatic heterocycles. The number of carbonyl (C=O) groups excluding carboxylic acids is 3. The average molecular weight is 277 g/mol. The number of nitrogens with zero attached hydrogens (tertiary/aromatic N) is 1. The van der Waals surface area contributed by atoms with Gasteiger partial charge in [-0.3, -0.25) is 19.3 Å². The number of amides is 2. The first kappa shape index (κ1) is 14.4. The van der Waals surface area contributed by atoms with Gasteiger partial charge < -0.3 is 0 Å². The molecule has 0 atom stereocenters. The fourth-order valence-electron chi connectivity index (χ4n) is 2.25. The molecule has 1 heterocycles. The normalized spacial score (nSPS) is 17.6. The van der Waals surface area contributed by atoms with Gasteiger partial charge >= 0.3 is 0 Å². The molecule has 1 fully saturated rings. The number of ketones is 1. The molecule has 0 N–H and O–H groups in total. The van der Waals surface area contributed by atoms with Gasteiger partial charge in [0.05, 0.1) is 5.41 Å². The largest absolute Gasteiger partial charge is 0.294 e. The molecule has 0 bridgehead atoms. The first-order chi connectivity index (χ1) is 9.31. The van der Waals surface area contributed by atoms with E-state index in [1.807, 2.05) is 0 Å². The van der Waals surface area contributed by atoms with Crippen LogP contribution in [0.1, 0.15) is 37.0 Å². The summed E-state index contributed by atoms with van der Waals surface area (Å²) in [4.78, 5) is 36.8. The highest BCUT2D eigenvalue weighted by molar-refractivity contribution is 6.06. The molecule has 20 heavy (non-hydrogen) atoms. The number of hydrogen-bond acceptors (Lipinski definition) is 3. The second kappa shape index (κ2) is 5.15. The zero-order valence-corrected chi connectivity index (χ0v) is 11.5. The summed E-state index contributed by atoms with van der Waals surface area (Å²) in [5.41, 5.74) is -0.305. The van der Waals surface area contributed by atoms with Crippen LogP contribution < -0.4 is 0 Å². The van der Waals surface area contributed by atoms with Gasteiger partial charge in [0, 0.05) is 24.9 Å². The lowest BCUT2D eigenvalue weighted by Gasteiger charge is -2.17. The Labute approximate surface area is 116 Å². The first-order valence-electron chi connectivity index (χ1n) is 6.45. The molecule has 0 spiro atoms. The number of likely N-dealkylation sites (tertiary alicyclic amines) is 1. The summed E-state index contributed by atoms with van der Waals surface area (Å²) in [6.07, 6.45) is 0.232. The lowest BCUT2D eigenvalue weighted by atomic mass is 9.92. The summed E-state index contributed by atoms with van der Waals surface area (Å²) in [6.45, 7) is 3.52. The summed E-state index contributed by atoms with van der Waals surface area (Å²) >= 11 is 0. The standard InChI is InChI=1S/C15H16FNO3/c1-15(2)9-13(19)17(14(15)20)8-7-12(18)10-3-5-11(16)6-4-10/h3-6H,7-9H2,1-2H3. The highest BCUT2D eigenvalue weighted by atomic mass is 19.1. The summed E-state index contributed by atoms with van der Waals surface area (Å²) in [7, 11) is 0. The Hall–Kier alpha value is -2.04. The van der Waals surface area contributed by atoms with Gasteiger partial charge in [-0.1, -0.05) is 13.8 Å². The zero-order valence-electron chi connectivity index (χ0n) is 11.5. The fraction of sp³-hybridized carbons (Fsp3) is 0.400. The lowest BCUT2D eigenvalue weighted by molar-refractivity contribution is -0.140. The van der Waals surface area contributed by atoms with Crippen LogP contribution in [-0.4, -0.2) is 29.0 Å². The molecule has 2 amide bonds.